The van der Waals surface area contributed by atoms with E-state index in [-0.39, 0.29) is 5.92 Å². The summed E-state index contributed by atoms with van der Waals surface area (Å²) >= 11 is 0. The molecule has 0 amide bonds. The van der Waals surface area contributed by atoms with Crippen LogP contribution in [0.5, 0.6) is 0 Å². The minimum atomic E-state index is 0.151. The molecule has 1 atom stereocenters. The van der Waals surface area contributed by atoms with Crippen molar-refractivity contribution in [1.29, 1.82) is 0 Å². The second-order valence-corrected chi connectivity index (χ2v) is 17.6. The summed E-state index contributed by atoms with van der Waals surface area (Å²) in [6, 6.07) is 92.6. The molecule has 13 rings (SSSR count). The third kappa shape index (κ3) is 6.73. The summed E-state index contributed by atoms with van der Waals surface area (Å²) in [4.78, 5) is 2.40. The Bertz CT molecular complexity index is 3790. The summed E-state index contributed by atoms with van der Waals surface area (Å²) in [5.74, 6) is 0.151. The Labute approximate surface area is 390 Å². The van der Waals surface area contributed by atoms with Crippen LogP contribution < -0.4 is 4.90 Å². The molecule has 1 unspecified atom stereocenters. The second kappa shape index (κ2) is 16.1. The number of hydrogen-bond donors (Lipinski definition) is 0. The number of rotatable bonds is 8. The van der Waals surface area contributed by atoms with Crippen molar-refractivity contribution in [3.8, 4) is 55.6 Å². The fourth-order valence-corrected chi connectivity index (χ4v) is 10.5. The molecule has 0 fully saturated rings. The van der Waals surface area contributed by atoms with E-state index in [2.05, 4.69) is 260 Å². The zero-order valence-electron chi connectivity index (χ0n) is 36.7. The molecule has 0 spiro atoms. The van der Waals surface area contributed by atoms with Gasteiger partial charge in [-0.3, -0.25) is 0 Å². The van der Waals surface area contributed by atoms with Gasteiger partial charge in [-0.05, 0) is 126 Å². The number of fused-ring (bicyclic) bond motifs is 8. The van der Waals surface area contributed by atoms with Crippen LogP contribution in [0.4, 0.5) is 17.1 Å². The topological polar surface area (TPSA) is 16.4 Å². The van der Waals surface area contributed by atoms with E-state index in [1.54, 1.807) is 0 Å². The first-order valence-corrected chi connectivity index (χ1v) is 23.1. The van der Waals surface area contributed by atoms with Crippen LogP contribution in [0.3, 0.4) is 0 Å². The molecule has 0 saturated heterocycles. The molecule has 0 radical (unpaired) electrons. The summed E-state index contributed by atoms with van der Waals surface area (Å²) in [6.07, 6.45) is 0. The highest BCUT2D eigenvalue weighted by atomic mass is 16.3. The molecule has 2 heteroatoms. The number of furan rings is 1. The van der Waals surface area contributed by atoms with E-state index in [0.29, 0.717) is 0 Å². The molecule has 11 aromatic carbocycles. The van der Waals surface area contributed by atoms with Crippen LogP contribution in [0, 0.1) is 0 Å². The summed E-state index contributed by atoms with van der Waals surface area (Å²) in [5.41, 5.74) is 21.1. The first-order valence-electron chi connectivity index (χ1n) is 23.1. The molecule has 1 aromatic heterocycles. The Balaban J connectivity index is 0.925. The fraction of sp³-hybridized carbons (Fsp3) is 0.0154. The molecule has 1 aliphatic rings. The SMILES string of the molecule is c1ccc(-c2ccc(-c3ccc(N(c4cccc(-c5ccc6c(c5)-c5ccccc5C6c5cccc(-c6ccccc6)c5)c4)c4cccc5oc6c7ccccc7ccc6c45)cc3)cc2)cc1. The Morgan fingerprint density at radius 1 is 0.328 bits per heavy atom. The number of benzene rings is 11. The molecule has 12 aromatic rings. The first kappa shape index (κ1) is 38.7. The van der Waals surface area contributed by atoms with Gasteiger partial charge in [0.1, 0.15) is 11.2 Å². The Morgan fingerprint density at radius 3 is 1.67 bits per heavy atom. The average molecular weight is 854 g/mol. The zero-order chi connectivity index (χ0) is 44.3. The molecular weight excluding hydrogens is 811 g/mol. The van der Waals surface area contributed by atoms with E-state index < -0.39 is 0 Å². The molecule has 0 saturated carbocycles. The van der Waals surface area contributed by atoms with Gasteiger partial charge in [-0.1, -0.05) is 206 Å². The van der Waals surface area contributed by atoms with Gasteiger partial charge >= 0.3 is 0 Å². The molecule has 0 bridgehead atoms. The highest BCUT2D eigenvalue weighted by molar-refractivity contribution is 6.19. The van der Waals surface area contributed by atoms with Crippen LogP contribution >= 0.6 is 0 Å². The number of anilines is 3. The predicted octanol–water partition coefficient (Wildman–Crippen LogP) is 18.0. The van der Waals surface area contributed by atoms with Gasteiger partial charge in [-0.2, -0.15) is 0 Å². The summed E-state index contributed by atoms with van der Waals surface area (Å²) in [6.45, 7) is 0. The largest absolute Gasteiger partial charge is 0.455 e. The van der Waals surface area contributed by atoms with Gasteiger partial charge in [0.25, 0.3) is 0 Å². The van der Waals surface area contributed by atoms with Crippen molar-refractivity contribution < 1.29 is 4.42 Å². The van der Waals surface area contributed by atoms with E-state index in [9.17, 15) is 0 Å². The van der Waals surface area contributed by atoms with E-state index in [1.165, 1.54) is 66.8 Å². The van der Waals surface area contributed by atoms with Crippen LogP contribution in [0.15, 0.2) is 259 Å². The van der Waals surface area contributed by atoms with Gasteiger partial charge in [0.05, 0.1) is 11.1 Å². The minimum absolute atomic E-state index is 0.151. The standard InChI is InChI=1S/C65H43NO/c1-3-14-43(15-4-1)45-28-30-46(31-29-45)47-32-36-53(37-33-47)66(61-26-13-27-62-64(61)59-39-34-48-18-7-8-23-55(48)65(59)67-62)54-22-12-20-50(41-54)51-35-38-58-60(42-51)56-24-9-10-25-57(56)63(58)52-21-11-19-49(40-52)44-16-5-2-6-17-44/h1-42,63H. The number of nitrogens with zero attached hydrogens (tertiary/aromatic N) is 1. The third-order valence-corrected chi connectivity index (χ3v) is 13.7. The predicted molar refractivity (Wildman–Crippen MR) is 280 cm³/mol. The van der Waals surface area contributed by atoms with E-state index in [0.717, 1.165) is 55.3 Å². The quantitative estimate of drug-likeness (QED) is 0.151. The van der Waals surface area contributed by atoms with Crippen molar-refractivity contribution in [2.45, 2.75) is 5.92 Å². The molecule has 0 aliphatic heterocycles. The van der Waals surface area contributed by atoms with E-state index in [4.69, 9.17) is 4.42 Å². The lowest BCUT2D eigenvalue weighted by atomic mass is 9.87. The van der Waals surface area contributed by atoms with Gasteiger partial charge in [0.15, 0.2) is 0 Å². The third-order valence-electron chi connectivity index (χ3n) is 13.7. The summed E-state index contributed by atoms with van der Waals surface area (Å²) in [5, 5.41) is 4.46. The van der Waals surface area contributed by atoms with Crippen molar-refractivity contribution in [2.24, 2.45) is 0 Å². The van der Waals surface area contributed by atoms with E-state index in [1.807, 2.05) is 0 Å². The lowest BCUT2D eigenvalue weighted by Crippen LogP contribution is -2.10. The average Bonchev–Trinajstić information content (AvgIpc) is 3.96. The highest BCUT2D eigenvalue weighted by Crippen LogP contribution is 2.50. The maximum Gasteiger partial charge on any atom is 0.143 e. The van der Waals surface area contributed by atoms with Crippen molar-refractivity contribution in [1.82, 2.24) is 0 Å². The van der Waals surface area contributed by atoms with Crippen molar-refractivity contribution in [3.05, 3.63) is 271 Å². The molecule has 314 valence electrons. The minimum Gasteiger partial charge on any atom is -0.455 e. The van der Waals surface area contributed by atoms with Crippen LogP contribution in [-0.2, 0) is 0 Å². The summed E-state index contributed by atoms with van der Waals surface area (Å²) in [7, 11) is 0. The lowest BCUT2D eigenvalue weighted by Gasteiger charge is -2.27. The Morgan fingerprint density at radius 2 is 0.896 bits per heavy atom. The zero-order valence-corrected chi connectivity index (χ0v) is 36.7. The van der Waals surface area contributed by atoms with Gasteiger partial charge in [0.2, 0.25) is 0 Å². The van der Waals surface area contributed by atoms with Crippen molar-refractivity contribution in [3.63, 3.8) is 0 Å². The van der Waals surface area contributed by atoms with Crippen molar-refractivity contribution in [2.75, 3.05) is 4.90 Å². The normalized spacial score (nSPS) is 12.9. The Kier molecular flexibility index (Phi) is 9.28. The smallest absolute Gasteiger partial charge is 0.143 e. The maximum atomic E-state index is 6.75. The van der Waals surface area contributed by atoms with Crippen LogP contribution in [0.1, 0.15) is 22.6 Å². The number of hydrogen-bond acceptors (Lipinski definition) is 2. The monoisotopic (exact) mass is 853 g/mol. The first-order chi connectivity index (χ1) is 33.2. The van der Waals surface area contributed by atoms with Crippen LogP contribution in [0.2, 0.25) is 0 Å². The Hall–Kier alpha value is -8.72. The molecule has 0 N–H and O–H groups in total. The second-order valence-electron chi connectivity index (χ2n) is 17.6. The van der Waals surface area contributed by atoms with Gasteiger partial charge < -0.3 is 9.32 Å². The molecule has 67 heavy (non-hydrogen) atoms. The van der Waals surface area contributed by atoms with Gasteiger partial charge in [0, 0.05) is 28.1 Å². The molecule has 1 aliphatic carbocycles. The molecular formula is C65H43NO. The van der Waals surface area contributed by atoms with Crippen LogP contribution in [0.25, 0.3) is 88.3 Å². The van der Waals surface area contributed by atoms with Crippen LogP contribution in [-0.4, -0.2) is 0 Å². The van der Waals surface area contributed by atoms with Gasteiger partial charge in [-0.15, -0.1) is 0 Å². The molecule has 1 heterocycles. The van der Waals surface area contributed by atoms with Crippen molar-refractivity contribution >= 4 is 49.8 Å². The molecule has 2 nitrogen and oxygen atoms in total. The highest BCUT2D eigenvalue weighted by Gasteiger charge is 2.30. The lowest BCUT2D eigenvalue weighted by molar-refractivity contribution is 0.672. The maximum absolute atomic E-state index is 6.75. The van der Waals surface area contributed by atoms with E-state index >= 15 is 0 Å². The fourth-order valence-electron chi connectivity index (χ4n) is 10.5. The van der Waals surface area contributed by atoms with Gasteiger partial charge in [-0.25, -0.2) is 0 Å². The summed E-state index contributed by atoms with van der Waals surface area (Å²) < 4.78 is 6.75.